The predicted molar refractivity (Wildman–Crippen MR) is 138 cm³/mol. The smallest absolute Gasteiger partial charge is 0.223 e. The quantitative estimate of drug-likeness (QED) is 0.202. The summed E-state index contributed by atoms with van der Waals surface area (Å²) in [4.78, 5) is 12.1. The first kappa shape index (κ1) is 27.0. The van der Waals surface area contributed by atoms with Gasteiger partial charge in [-0.25, -0.2) is 0 Å². The van der Waals surface area contributed by atoms with Gasteiger partial charge >= 0.3 is 0 Å². The number of benzene rings is 1. The van der Waals surface area contributed by atoms with Crippen molar-refractivity contribution in [2.24, 2.45) is 0 Å². The summed E-state index contributed by atoms with van der Waals surface area (Å²) in [6, 6.07) is 9.31. The average molecular weight is 456 g/mol. The van der Waals surface area contributed by atoms with Crippen LogP contribution >= 0.6 is 0 Å². The van der Waals surface area contributed by atoms with Crippen molar-refractivity contribution in [1.82, 2.24) is 4.57 Å². The Bertz CT molecular complexity index is 797. The van der Waals surface area contributed by atoms with E-state index >= 15 is 0 Å². The van der Waals surface area contributed by atoms with Gasteiger partial charge in [-0.15, -0.1) is 0 Å². The maximum atomic E-state index is 12.1. The lowest BCUT2D eigenvalue weighted by molar-refractivity contribution is 0.299. The van der Waals surface area contributed by atoms with Crippen molar-refractivity contribution in [2.75, 3.05) is 7.11 Å². The lowest BCUT2D eigenvalue weighted by Gasteiger charge is -2.10. The summed E-state index contributed by atoms with van der Waals surface area (Å²) in [6.45, 7) is 3.58. The van der Waals surface area contributed by atoms with Crippen molar-refractivity contribution in [1.29, 1.82) is 0 Å². The maximum absolute atomic E-state index is 12.1. The summed E-state index contributed by atoms with van der Waals surface area (Å²) < 4.78 is 13.0. The van der Waals surface area contributed by atoms with Crippen LogP contribution in [0.25, 0.3) is 0 Å². The van der Waals surface area contributed by atoms with Crippen LogP contribution in [0.5, 0.6) is 11.5 Å². The molecule has 33 heavy (non-hydrogen) atoms. The van der Waals surface area contributed by atoms with Gasteiger partial charge in [-0.2, -0.15) is 0 Å². The summed E-state index contributed by atoms with van der Waals surface area (Å²) in [7, 11) is 1.65. The normalized spacial score (nSPS) is 11.0. The molecule has 0 saturated carbocycles. The monoisotopic (exact) mass is 455 g/mol. The molecular weight excluding hydrogens is 410 g/mol. The second-order valence-corrected chi connectivity index (χ2v) is 9.14. The topological polar surface area (TPSA) is 40.5 Å². The van der Waals surface area contributed by atoms with Crippen molar-refractivity contribution in [2.45, 2.75) is 110 Å². The third-order valence-electron chi connectivity index (χ3n) is 6.27. The third-order valence-corrected chi connectivity index (χ3v) is 6.27. The number of hydrogen-bond donors (Lipinski definition) is 0. The molecule has 1 aromatic heterocycles. The van der Waals surface area contributed by atoms with Gasteiger partial charge in [0.1, 0.15) is 12.4 Å². The first-order valence-corrected chi connectivity index (χ1v) is 13.2. The number of aromatic nitrogens is 1. The molecule has 0 aliphatic heterocycles. The van der Waals surface area contributed by atoms with Crippen molar-refractivity contribution in [3.05, 3.63) is 58.5 Å². The van der Waals surface area contributed by atoms with E-state index in [0.29, 0.717) is 12.4 Å². The van der Waals surface area contributed by atoms with Crippen LogP contribution in [0.2, 0.25) is 0 Å². The minimum atomic E-state index is -0.0688. The van der Waals surface area contributed by atoms with E-state index in [4.69, 9.17) is 9.47 Å². The molecule has 0 fully saturated rings. The molecule has 0 atom stereocenters. The number of nitrogens with zero attached hydrogens (tertiary/aromatic N) is 1. The average Bonchev–Trinajstić information content (AvgIpc) is 2.84. The molecule has 0 bridgehead atoms. The SMILES string of the molecule is CCCCCCCCCCCCCCCCn1ccc(=O)c(OCc2ccc(OC)cc2)c1. The fourth-order valence-electron chi connectivity index (χ4n) is 4.12. The third kappa shape index (κ3) is 12.0. The Morgan fingerprint density at radius 3 is 1.82 bits per heavy atom. The molecule has 2 rings (SSSR count). The molecule has 1 aromatic carbocycles. The minimum absolute atomic E-state index is 0.0688. The van der Waals surface area contributed by atoms with Gasteiger partial charge in [-0.3, -0.25) is 4.79 Å². The lowest BCUT2D eigenvalue weighted by Crippen LogP contribution is -2.11. The van der Waals surface area contributed by atoms with Gasteiger partial charge in [0.05, 0.1) is 13.3 Å². The highest BCUT2D eigenvalue weighted by molar-refractivity contribution is 5.27. The molecule has 1 heterocycles. The largest absolute Gasteiger partial charge is 0.497 e. The molecule has 0 radical (unpaired) electrons. The number of hydrogen-bond acceptors (Lipinski definition) is 3. The van der Waals surface area contributed by atoms with E-state index in [9.17, 15) is 4.79 Å². The highest BCUT2D eigenvalue weighted by Gasteiger charge is 2.03. The van der Waals surface area contributed by atoms with E-state index in [0.717, 1.165) is 24.3 Å². The molecule has 0 N–H and O–H groups in total. The summed E-state index contributed by atoms with van der Waals surface area (Å²) in [6.07, 6.45) is 22.8. The minimum Gasteiger partial charge on any atom is -0.497 e. The molecule has 0 saturated heterocycles. The fraction of sp³-hybridized carbons (Fsp3) is 0.621. The van der Waals surface area contributed by atoms with Crippen LogP contribution in [0, 0.1) is 0 Å². The molecule has 0 aliphatic rings. The van der Waals surface area contributed by atoms with Crippen molar-refractivity contribution < 1.29 is 9.47 Å². The molecule has 184 valence electrons. The summed E-state index contributed by atoms with van der Waals surface area (Å²) in [5.74, 6) is 1.23. The van der Waals surface area contributed by atoms with Crippen LogP contribution in [0.1, 0.15) is 102 Å². The van der Waals surface area contributed by atoms with Crippen LogP contribution in [0.15, 0.2) is 47.5 Å². The number of unbranched alkanes of at least 4 members (excludes halogenated alkanes) is 13. The van der Waals surface area contributed by atoms with Gasteiger partial charge in [-0.1, -0.05) is 103 Å². The second kappa shape index (κ2) is 17.3. The lowest BCUT2D eigenvalue weighted by atomic mass is 10.0. The Hall–Kier alpha value is -2.23. The molecule has 4 nitrogen and oxygen atoms in total. The Labute approximate surface area is 201 Å². The summed E-state index contributed by atoms with van der Waals surface area (Å²) >= 11 is 0. The van der Waals surface area contributed by atoms with Crippen LogP contribution in [-0.2, 0) is 13.2 Å². The van der Waals surface area contributed by atoms with Gasteiger partial charge in [0, 0.05) is 18.8 Å². The van der Waals surface area contributed by atoms with Gasteiger partial charge in [0.25, 0.3) is 0 Å². The van der Waals surface area contributed by atoms with E-state index in [2.05, 4.69) is 11.5 Å². The second-order valence-electron chi connectivity index (χ2n) is 9.14. The molecular formula is C29H45NO3. The van der Waals surface area contributed by atoms with Gasteiger partial charge in [0.15, 0.2) is 5.75 Å². The zero-order valence-corrected chi connectivity index (χ0v) is 21.0. The molecule has 4 heteroatoms. The van der Waals surface area contributed by atoms with Crippen molar-refractivity contribution >= 4 is 0 Å². The Balaban J connectivity index is 1.53. The maximum Gasteiger partial charge on any atom is 0.223 e. The molecule has 0 aliphatic carbocycles. The zero-order valence-electron chi connectivity index (χ0n) is 21.0. The molecule has 2 aromatic rings. The van der Waals surface area contributed by atoms with Crippen molar-refractivity contribution in [3.8, 4) is 11.5 Å². The number of aryl methyl sites for hydroxylation is 1. The number of ether oxygens (including phenoxy) is 2. The highest BCUT2D eigenvalue weighted by atomic mass is 16.5. The fourth-order valence-corrected chi connectivity index (χ4v) is 4.12. The predicted octanol–water partition coefficient (Wildman–Crippen LogP) is 7.92. The van der Waals surface area contributed by atoms with Gasteiger partial charge < -0.3 is 14.0 Å². The Kier molecular flexibility index (Phi) is 14.1. The van der Waals surface area contributed by atoms with Gasteiger partial charge in [0.2, 0.25) is 5.43 Å². The Morgan fingerprint density at radius 1 is 0.727 bits per heavy atom. The van der Waals surface area contributed by atoms with Crippen LogP contribution in [0.3, 0.4) is 0 Å². The van der Waals surface area contributed by atoms with Crippen LogP contribution < -0.4 is 14.9 Å². The molecule has 0 spiro atoms. The molecule has 0 unspecified atom stereocenters. The summed E-state index contributed by atoms with van der Waals surface area (Å²) in [5, 5.41) is 0. The Morgan fingerprint density at radius 2 is 1.27 bits per heavy atom. The van der Waals surface area contributed by atoms with E-state index in [1.807, 2.05) is 36.7 Å². The van der Waals surface area contributed by atoms with Crippen molar-refractivity contribution in [3.63, 3.8) is 0 Å². The highest BCUT2D eigenvalue weighted by Crippen LogP contribution is 2.15. The zero-order chi connectivity index (χ0) is 23.6. The first-order chi connectivity index (χ1) is 16.2. The van der Waals surface area contributed by atoms with E-state index < -0.39 is 0 Å². The number of rotatable bonds is 19. The number of methoxy groups -OCH3 is 1. The number of pyridine rings is 1. The summed E-state index contributed by atoms with van der Waals surface area (Å²) in [5.41, 5.74) is 0.943. The van der Waals surface area contributed by atoms with E-state index in [-0.39, 0.29) is 5.43 Å². The first-order valence-electron chi connectivity index (χ1n) is 13.2. The van der Waals surface area contributed by atoms with Crippen LogP contribution in [0.4, 0.5) is 0 Å². The van der Waals surface area contributed by atoms with E-state index in [1.54, 1.807) is 13.2 Å². The van der Waals surface area contributed by atoms with E-state index in [1.165, 1.54) is 83.5 Å². The molecule has 0 amide bonds. The standard InChI is InChI=1S/C29H45NO3/c1-3-4-5-6-7-8-9-10-11-12-13-14-15-16-22-30-23-21-28(31)29(24-30)33-25-26-17-19-27(32-2)20-18-26/h17-21,23-24H,3-16,22,25H2,1-2H3. The van der Waals surface area contributed by atoms with Gasteiger partial charge in [-0.05, 0) is 24.1 Å². The van der Waals surface area contributed by atoms with Crippen LogP contribution in [-0.4, -0.2) is 11.7 Å².